The largest absolute Gasteiger partial charge is 0.364 e. The summed E-state index contributed by atoms with van der Waals surface area (Å²) in [6.07, 6.45) is 4.16. The molecule has 0 amide bonds. The summed E-state index contributed by atoms with van der Waals surface area (Å²) >= 11 is 0. The molecule has 0 fully saturated rings. The van der Waals surface area contributed by atoms with Gasteiger partial charge in [-0.3, -0.25) is 0 Å². The molecule has 1 heterocycles. The zero-order valence-corrected chi connectivity index (χ0v) is 5.42. The van der Waals surface area contributed by atoms with E-state index in [0.717, 1.165) is 6.42 Å². The highest BCUT2D eigenvalue weighted by molar-refractivity contribution is 5.23. The molecular weight excluding hydrogens is 114 g/mol. The molecule has 2 nitrogen and oxygen atoms in total. The van der Waals surface area contributed by atoms with Gasteiger partial charge in [-0.15, -0.1) is 0 Å². The molecule has 48 valence electrons. The molecule has 0 saturated heterocycles. The SMILES string of the molecule is C[C@H]1CCc2conc21. The maximum Gasteiger partial charge on any atom is 0.127 e. The van der Waals surface area contributed by atoms with Crippen molar-refractivity contribution >= 4 is 0 Å². The summed E-state index contributed by atoms with van der Waals surface area (Å²) in [6, 6.07) is 0. The third-order valence-corrected chi connectivity index (χ3v) is 1.99. The smallest absolute Gasteiger partial charge is 0.127 e. The Balaban J connectivity index is 2.49. The van der Waals surface area contributed by atoms with Crippen molar-refractivity contribution in [2.24, 2.45) is 0 Å². The van der Waals surface area contributed by atoms with Gasteiger partial charge in [-0.25, -0.2) is 0 Å². The number of aromatic nitrogens is 1. The molecule has 2 rings (SSSR count). The van der Waals surface area contributed by atoms with Gasteiger partial charge < -0.3 is 4.52 Å². The fourth-order valence-electron chi connectivity index (χ4n) is 1.37. The van der Waals surface area contributed by atoms with E-state index in [1.807, 2.05) is 0 Å². The fourth-order valence-corrected chi connectivity index (χ4v) is 1.37. The molecule has 1 aliphatic rings. The lowest BCUT2D eigenvalue weighted by atomic mass is 10.1. The van der Waals surface area contributed by atoms with Crippen LogP contribution in [0.3, 0.4) is 0 Å². The Morgan fingerprint density at radius 3 is 3.44 bits per heavy atom. The number of aryl methyl sites for hydroxylation is 1. The molecule has 0 radical (unpaired) electrons. The van der Waals surface area contributed by atoms with Gasteiger partial charge in [-0.1, -0.05) is 12.1 Å². The van der Waals surface area contributed by atoms with Crippen molar-refractivity contribution in [2.45, 2.75) is 25.7 Å². The van der Waals surface area contributed by atoms with Gasteiger partial charge in [0.05, 0.1) is 5.69 Å². The second-order valence-electron chi connectivity index (χ2n) is 2.66. The quantitative estimate of drug-likeness (QED) is 0.525. The molecule has 0 aliphatic heterocycles. The Bertz CT molecular complexity index is 216. The molecular formula is C7H9NO. The Hall–Kier alpha value is -0.790. The minimum absolute atomic E-state index is 0.624. The number of rotatable bonds is 0. The molecule has 0 unspecified atom stereocenters. The predicted molar refractivity (Wildman–Crippen MR) is 33.2 cm³/mol. The first-order valence-corrected chi connectivity index (χ1v) is 3.31. The highest BCUT2D eigenvalue weighted by Gasteiger charge is 2.21. The van der Waals surface area contributed by atoms with E-state index in [4.69, 9.17) is 4.52 Å². The van der Waals surface area contributed by atoms with E-state index < -0.39 is 0 Å². The van der Waals surface area contributed by atoms with E-state index in [-0.39, 0.29) is 0 Å². The Labute approximate surface area is 53.9 Å². The van der Waals surface area contributed by atoms with E-state index in [9.17, 15) is 0 Å². The Morgan fingerprint density at radius 2 is 2.67 bits per heavy atom. The molecule has 0 N–H and O–H groups in total. The van der Waals surface area contributed by atoms with Crippen molar-refractivity contribution in [3.05, 3.63) is 17.5 Å². The van der Waals surface area contributed by atoms with Crippen molar-refractivity contribution in [3.63, 3.8) is 0 Å². The molecule has 2 heteroatoms. The molecule has 9 heavy (non-hydrogen) atoms. The summed E-state index contributed by atoms with van der Waals surface area (Å²) in [5.74, 6) is 0.624. The van der Waals surface area contributed by atoms with Crippen molar-refractivity contribution in [1.29, 1.82) is 0 Å². The van der Waals surface area contributed by atoms with E-state index in [0.29, 0.717) is 5.92 Å². The highest BCUT2D eigenvalue weighted by Crippen LogP contribution is 2.30. The fraction of sp³-hybridized carbons (Fsp3) is 0.571. The summed E-state index contributed by atoms with van der Waals surface area (Å²) in [4.78, 5) is 0. The molecule has 1 atom stereocenters. The van der Waals surface area contributed by atoms with Crippen LogP contribution in [0.4, 0.5) is 0 Å². The first-order valence-electron chi connectivity index (χ1n) is 3.31. The van der Waals surface area contributed by atoms with Gasteiger partial charge in [0.25, 0.3) is 0 Å². The first kappa shape index (κ1) is 5.03. The summed E-state index contributed by atoms with van der Waals surface area (Å²) in [5, 5.41) is 3.90. The third kappa shape index (κ3) is 0.590. The Morgan fingerprint density at radius 1 is 1.78 bits per heavy atom. The van der Waals surface area contributed by atoms with Crippen LogP contribution in [0, 0.1) is 0 Å². The van der Waals surface area contributed by atoms with Gasteiger partial charge in [0, 0.05) is 11.5 Å². The summed E-state index contributed by atoms with van der Waals surface area (Å²) in [5.41, 5.74) is 2.48. The second-order valence-corrected chi connectivity index (χ2v) is 2.66. The summed E-state index contributed by atoms with van der Waals surface area (Å²) in [6.45, 7) is 2.19. The molecule has 0 spiro atoms. The van der Waals surface area contributed by atoms with Gasteiger partial charge >= 0.3 is 0 Å². The van der Waals surface area contributed by atoms with E-state index in [2.05, 4.69) is 12.1 Å². The zero-order chi connectivity index (χ0) is 6.27. The van der Waals surface area contributed by atoms with Crippen LogP contribution in [0.1, 0.15) is 30.5 Å². The van der Waals surface area contributed by atoms with Crippen molar-refractivity contribution in [1.82, 2.24) is 5.16 Å². The van der Waals surface area contributed by atoms with Crippen LogP contribution in [0.5, 0.6) is 0 Å². The Kier molecular flexibility index (Phi) is 0.891. The number of hydrogen-bond donors (Lipinski definition) is 0. The van der Waals surface area contributed by atoms with Crippen LogP contribution >= 0.6 is 0 Å². The van der Waals surface area contributed by atoms with Gasteiger partial charge in [0.15, 0.2) is 0 Å². The second kappa shape index (κ2) is 1.59. The molecule has 0 saturated carbocycles. The van der Waals surface area contributed by atoms with Crippen molar-refractivity contribution < 1.29 is 4.52 Å². The van der Waals surface area contributed by atoms with Gasteiger partial charge in [0.2, 0.25) is 0 Å². The lowest BCUT2D eigenvalue weighted by molar-refractivity contribution is 0.402. The van der Waals surface area contributed by atoms with Gasteiger partial charge in [0.1, 0.15) is 6.26 Å². The number of fused-ring (bicyclic) bond motifs is 1. The molecule has 1 aromatic heterocycles. The van der Waals surface area contributed by atoms with Crippen LogP contribution in [-0.4, -0.2) is 5.16 Å². The number of hydrogen-bond acceptors (Lipinski definition) is 2. The molecule has 1 aromatic rings. The maximum atomic E-state index is 4.81. The van der Waals surface area contributed by atoms with Crippen molar-refractivity contribution in [3.8, 4) is 0 Å². The maximum absolute atomic E-state index is 4.81. The zero-order valence-electron chi connectivity index (χ0n) is 5.42. The minimum atomic E-state index is 0.624. The van der Waals surface area contributed by atoms with E-state index >= 15 is 0 Å². The van der Waals surface area contributed by atoms with Crippen LogP contribution in [0.25, 0.3) is 0 Å². The topological polar surface area (TPSA) is 26.0 Å². The van der Waals surface area contributed by atoms with E-state index in [1.54, 1.807) is 6.26 Å². The molecule has 0 bridgehead atoms. The monoisotopic (exact) mass is 123 g/mol. The average molecular weight is 123 g/mol. The minimum Gasteiger partial charge on any atom is -0.364 e. The lowest BCUT2D eigenvalue weighted by Crippen LogP contribution is -1.84. The average Bonchev–Trinajstić information content (AvgIpc) is 2.35. The summed E-state index contributed by atoms with van der Waals surface area (Å²) < 4.78 is 4.81. The normalized spacial score (nSPS) is 24.3. The van der Waals surface area contributed by atoms with Gasteiger partial charge in [-0.05, 0) is 12.8 Å². The van der Waals surface area contributed by atoms with Crippen LogP contribution < -0.4 is 0 Å². The molecule has 0 aromatic carbocycles. The van der Waals surface area contributed by atoms with Crippen molar-refractivity contribution in [2.75, 3.05) is 0 Å². The third-order valence-electron chi connectivity index (χ3n) is 1.99. The van der Waals surface area contributed by atoms with E-state index in [1.165, 1.54) is 17.7 Å². The van der Waals surface area contributed by atoms with Crippen LogP contribution in [0.15, 0.2) is 10.8 Å². The van der Waals surface area contributed by atoms with Crippen LogP contribution in [-0.2, 0) is 6.42 Å². The highest BCUT2D eigenvalue weighted by atomic mass is 16.5. The molecule has 1 aliphatic carbocycles. The first-order chi connectivity index (χ1) is 4.38. The summed E-state index contributed by atoms with van der Waals surface area (Å²) in [7, 11) is 0. The standard InChI is InChI=1S/C7H9NO/c1-5-2-3-6-4-9-8-7(5)6/h4-5H,2-3H2,1H3/t5-/m0/s1. The van der Waals surface area contributed by atoms with Gasteiger partial charge in [-0.2, -0.15) is 0 Å². The number of nitrogens with zero attached hydrogens (tertiary/aromatic N) is 1. The van der Waals surface area contributed by atoms with Crippen LogP contribution in [0.2, 0.25) is 0 Å². The lowest BCUT2D eigenvalue weighted by Gasteiger charge is -1.93. The predicted octanol–water partition coefficient (Wildman–Crippen LogP) is 1.72.